The van der Waals surface area contributed by atoms with Crippen LogP contribution in [-0.4, -0.2) is 32.1 Å². The maximum absolute atomic E-state index is 12.4. The Morgan fingerprint density at radius 2 is 2.10 bits per heavy atom. The molecule has 0 saturated heterocycles. The number of amides is 1. The van der Waals surface area contributed by atoms with Crippen LogP contribution in [0.25, 0.3) is 0 Å². The van der Waals surface area contributed by atoms with Gasteiger partial charge in [0.05, 0.1) is 22.7 Å². The largest absolute Gasteiger partial charge is 0.493 e. The molecule has 0 saturated carbocycles. The molecule has 0 aliphatic heterocycles. The van der Waals surface area contributed by atoms with Crippen molar-refractivity contribution in [3.05, 3.63) is 43.7 Å². The third kappa shape index (κ3) is 3.68. The highest BCUT2D eigenvalue weighted by Gasteiger charge is 2.17. The monoisotopic (exact) mass is 417 g/mol. The summed E-state index contributed by atoms with van der Waals surface area (Å²) < 4.78 is 11.8. The Labute approximate surface area is 141 Å². The number of nitrogens with zero attached hydrogens (tertiary/aromatic N) is 1. The average Bonchev–Trinajstić information content (AvgIpc) is 2.92. The second kappa shape index (κ2) is 7.13. The minimum Gasteiger partial charge on any atom is -0.493 e. The van der Waals surface area contributed by atoms with Gasteiger partial charge in [-0.25, -0.2) is 0 Å². The lowest BCUT2D eigenvalue weighted by Gasteiger charge is -2.19. The molecule has 0 spiro atoms. The van der Waals surface area contributed by atoms with Crippen LogP contribution >= 0.6 is 33.9 Å². The number of methoxy groups -OCH3 is 2. The average molecular weight is 417 g/mol. The highest BCUT2D eigenvalue weighted by Crippen LogP contribution is 2.31. The van der Waals surface area contributed by atoms with Crippen molar-refractivity contribution in [3.8, 4) is 11.5 Å². The fraction of sp³-hybridized carbons (Fsp3) is 0.267. The van der Waals surface area contributed by atoms with Gasteiger partial charge in [0.1, 0.15) is 0 Å². The quantitative estimate of drug-likeness (QED) is 0.698. The molecule has 1 amide bonds. The fourth-order valence-corrected chi connectivity index (χ4v) is 3.37. The van der Waals surface area contributed by atoms with E-state index in [9.17, 15) is 4.79 Å². The van der Waals surface area contributed by atoms with Gasteiger partial charge < -0.3 is 14.4 Å². The summed E-state index contributed by atoms with van der Waals surface area (Å²) in [5, 5.41) is 1.88. The Kier molecular flexibility index (Phi) is 5.46. The molecule has 0 fully saturated rings. The molecule has 1 heterocycles. The van der Waals surface area contributed by atoms with Gasteiger partial charge in [-0.2, -0.15) is 0 Å². The lowest BCUT2D eigenvalue weighted by molar-refractivity contribution is 0.0784. The van der Waals surface area contributed by atoms with Gasteiger partial charge in [0.15, 0.2) is 11.5 Å². The number of carbonyl (C=O) groups excluding carboxylic acids is 1. The second-order valence-electron chi connectivity index (χ2n) is 4.45. The molecular formula is C15H16INO3S. The maximum Gasteiger partial charge on any atom is 0.254 e. The van der Waals surface area contributed by atoms with Crippen LogP contribution in [0.15, 0.2) is 29.6 Å². The Morgan fingerprint density at radius 3 is 2.67 bits per heavy atom. The summed E-state index contributed by atoms with van der Waals surface area (Å²) in [6, 6.07) is 7.56. The van der Waals surface area contributed by atoms with Crippen LogP contribution < -0.4 is 9.47 Å². The molecule has 1 aromatic heterocycles. The normalized spacial score (nSPS) is 10.3. The standard InChI is InChI=1S/C15H16INO3S/c1-17(15(18)11-7-13(16)21-9-11)8-10-5-4-6-12(19-2)14(10)20-3/h4-7,9H,8H2,1-3H3. The zero-order valence-electron chi connectivity index (χ0n) is 12.1. The van der Waals surface area contributed by atoms with Gasteiger partial charge in [0.2, 0.25) is 0 Å². The second-order valence-corrected chi connectivity index (χ2v) is 7.26. The molecule has 2 rings (SSSR count). The first-order valence-corrected chi connectivity index (χ1v) is 8.22. The number of hydrogen-bond donors (Lipinski definition) is 0. The molecule has 21 heavy (non-hydrogen) atoms. The van der Waals surface area contributed by atoms with Crippen molar-refractivity contribution in [2.45, 2.75) is 6.54 Å². The zero-order valence-corrected chi connectivity index (χ0v) is 15.0. The van der Waals surface area contributed by atoms with Crippen molar-refractivity contribution < 1.29 is 14.3 Å². The molecule has 0 unspecified atom stereocenters. The molecule has 0 aliphatic carbocycles. The van der Waals surface area contributed by atoms with Crippen molar-refractivity contribution in [1.29, 1.82) is 0 Å². The van der Waals surface area contributed by atoms with Gasteiger partial charge in [-0.15, -0.1) is 11.3 Å². The van der Waals surface area contributed by atoms with E-state index in [1.54, 1.807) is 37.5 Å². The molecule has 6 heteroatoms. The molecule has 1 aromatic carbocycles. The minimum absolute atomic E-state index is 0.000890. The highest BCUT2D eigenvalue weighted by atomic mass is 127. The summed E-state index contributed by atoms with van der Waals surface area (Å²) in [4.78, 5) is 14.0. The van der Waals surface area contributed by atoms with E-state index in [0.29, 0.717) is 23.6 Å². The summed E-state index contributed by atoms with van der Waals surface area (Å²) in [6.07, 6.45) is 0. The number of carbonyl (C=O) groups is 1. The van der Waals surface area contributed by atoms with Gasteiger partial charge in [0.25, 0.3) is 5.91 Å². The SMILES string of the molecule is COc1cccc(CN(C)C(=O)c2csc(I)c2)c1OC. The Bertz CT molecular complexity index is 642. The van der Waals surface area contributed by atoms with E-state index in [1.807, 2.05) is 29.6 Å². The summed E-state index contributed by atoms with van der Waals surface area (Å²) in [6.45, 7) is 0.464. The van der Waals surface area contributed by atoms with E-state index in [1.165, 1.54) is 0 Å². The number of benzene rings is 1. The van der Waals surface area contributed by atoms with Crippen molar-refractivity contribution >= 4 is 39.8 Å². The molecule has 112 valence electrons. The molecule has 0 radical (unpaired) electrons. The molecule has 0 bridgehead atoms. The summed E-state index contributed by atoms with van der Waals surface area (Å²) >= 11 is 3.78. The Hall–Kier alpha value is -1.28. The number of hydrogen-bond acceptors (Lipinski definition) is 4. The van der Waals surface area contributed by atoms with Crippen LogP contribution in [0, 0.1) is 2.88 Å². The van der Waals surface area contributed by atoms with E-state index < -0.39 is 0 Å². The highest BCUT2D eigenvalue weighted by molar-refractivity contribution is 14.1. The predicted molar refractivity (Wildman–Crippen MR) is 92.4 cm³/mol. The molecule has 4 nitrogen and oxygen atoms in total. The summed E-state index contributed by atoms with van der Waals surface area (Å²) in [7, 11) is 4.99. The first-order valence-electron chi connectivity index (χ1n) is 6.26. The third-order valence-corrected chi connectivity index (χ3v) is 4.84. The van der Waals surface area contributed by atoms with Crippen LogP contribution in [0.5, 0.6) is 11.5 Å². The first kappa shape index (κ1) is 16.1. The molecule has 0 atom stereocenters. The Morgan fingerprint density at radius 1 is 1.33 bits per heavy atom. The minimum atomic E-state index is -0.000890. The van der Waals surface area contributed by atoms with Gasteiger partial charge in [-0.05, 0) is 34.7 Å². The van der Waals surface area contributed by atoms with E-state index >= 15 is 0 Å². The van der Waals surface area contributed by atoms with Crippen molar-refractivity contribution in [2.24, 2.45) is 0 Å². The molecule has 0 N–H and O–H groups in total. The topological polar surface area (TPSA) is 38.8 Å². The Balaban J connectivity index is 2.19. The van der Waals surface area contributed by atoms with Crippen LogP contribution in [0.2, 0.25) is 0 Å². The van der Waals surface area contributed by atoms with Crippen molar-refractivity contribution in [1.82, 2.24) is 4.90 Å². The van der Waals surface area contributed by atoms with Crippen LogP contribution in [0.3, 0.4) is 0 Å². The van der Waals surface area contributed by atoms with Gasteiger partial charge in [-0.3, -0.25) is 4.79 Å². The summed E-state index contributed by atoms with van der Waals surface area (Å²) in [5.74, 6) is 1.33. The number of rotatable bonds is 5. The lowest BCUT2D eigenvalue weighted by Crippen LogP contribution is -2.26. The smallest absolute Gasteiger partial charge is 0.254 e. The fourth-order valence-electron chi connectivity index (χ4n) is 2.05. The number of thiophene rings is 1. The number of ether oxygens (including phenoxy) is 2. The number of halogens is 1. The molecular weight excluding hydrogens is 401 g/mol. The van der Waals surface area contributed by atoms with E-state index in [-0.39, 0.29) is 5.91 Å². The van der Waals surface area contributed by atoms with Gasteiger partial charge in [-0.1, -0.05) is 12.1 Å². The van der Waals surface area contributed by atoms with Gasteiger partial charge in [0, 0.05) is 24.5 Å². The van der Waals surface area contributed by atoms with E-state index in [4.69, 9.17) is 9.47 Å². The molecule has 0 aliphatic rings. The zero-order chi connectivity index (χ0) is 15.4. The molecule has 2 aromatic rings. The lowest BCUT2D eigenvalue weighted by atomic mass is 10.1. The van der Waals surface area contributed by atoms with Crippen LogP contribution in [0.4, 0.5) is 0 Å². The predicted octanol–water partition coefficient (Wildman–Crippen LogP) is 3.64. The van der Waals surface area contributed by atoms with Crippen molar-refractivity contribution in [2.75, 3.05) is 21.3 Å². The maximum atomic E-state index is 12.4. The van der Waals surface area contributed by atoms with Crippen LogP contribution in [0.1, 0.15) is 15.9 Å². The first-order chi connectivity index (χ1) is 10.1. The summed E-state index contributed by atoms with van der Waals surface area (Å²) in [5.41, 5.74) is 1.63. The van der Waals surface area contributed by atoms with Crippen LogP contribution in [-0.2, 0) is 6.54 Å². The van der Waals surface area contributed by atoms with E-state index in [0.717, 1.165) is 8.45 Å². The van der Waals surface area contributed by atoms with Crippen molar-refractivity contribution in [3.63, 3.8) is 0 Å². The third-order valence-electron chi connectivity index (χ3n) is 3.05. The van der Waals surface area contributed by atoms with Gasteiger partial charge >= 0.3 is 0 Å². The van der Waals surface area contributed by atoms with E-state index in [2.05, 4.69) is 22.6 Å². The number of para-hydroxylation sites is 1.